The molecule has 0 saturated heterocycles. The van der Waals surface area contributed by atoms with Gasteiger partial charge in [-0.2, -0.15) is 5.11 Å². The van der Waals surface area contributed by atoms with E-state index in [4.69, 9.17) is 10.9 Å². The largest absolute Gasteiger partial charge is 0.393 e. The third kappa shape index (κ3) is 1.64. The maximum absolute atomic E-state index is 8.98. The molecule has 0 aliphatic heterocycles. The monoisotopic (exact) mass is 129 g/mol. The topological polar surface area (TPSA) is 71.0 Å². The van der Waals surface area contributed by atoms with E-state index in [1.165, 1.54) is 0 Å². The highest BCUT2D eigenvalue weighted by Crippen LogP contribution is 2.21. The van der Waals surface area contributed by atoms with Crippen molar-refractivity contribution in [3.8, 4) is 0 Å². The summed E-state index contributed by atoms with van der Waals surface area (Å²) < 4.78 is 0. The van der Waals surface area contributed by atoms with Gasteiger partial charge in [0.2, 0.25) is 0 Å². The van der Waals surface area contributed by atoms with E-state index in [9.17, 15) is 0 Å². The van der Waals surface area contributed by atoms with E-state index in [0.29, 0.717) is 0 Å². The highest BCUT2D eigenvalue weighted by molar-refractivity contribution is 4.78. The van der Waals surface area contributed by atoms with E-state index in [-0.39, 0.29) is 12.1 Å². The second-order valence-corrected chi connectivity index (χ2v) is 2.35. The van der Waals surface area contributed by atoms with Crippen LogP contribution in [-0.4, -0.2) is 17.3 Å². The molecule has 0 aromatic heterocycles. The molecule has 1 saturated carbocycles. The van der Waals surface area contributed by atoms with Gasteiger partial charge in [-0.1, -0.05) is 5.22 Å². The summed E-state index contributed by atoms with van der Waals surface area (Å²) in [6.45, 7) is 0. The van der Waals surface area contributed by atoms with E-state index in [1.54, 1.807) is 0 Å². The summed E-state index contributed by atoms with van der Waals surface area (Å²) in [5.74, 6) is 4.83. The van der Waals surface area contributed by atoms with E-state index in [2.05, 4.69) is 10.3 Å². The molecule has 1 fully saturated rings. The van der Waals surface area contributed by atoms with Gasteiger partial charge in [-0.25, -0.2) is 0 Å². The average Bonchev–Trinajstić information content (AvgIpc) is 2.17. The maximum atomic E-state index is 8.98. The predicted molar refractivity (Wildman–Crippen MR) is 32.7 cm³/mol. The van der Waals surface area contributed by atoms with Gasteiger partial charge in [-0.3, -0.25) is 0 Å². The number of nitrogens with zero attached hydrogens (tertiary/aromatic N) is 2. The number of aliphatic hydroxyl groups is 1. The standard InChI is InChI=1S/C5H11N3O/c6-8-7-4-1-2-5(9)3-4/h4-5,9H,1-3H2,(H2,6,7)/t4-,5+/m0/s1. The fraction of sp³-hybridized carbons (Fsp3) is 1.00. The number of hydrogen-bond acceptors (Lipinski definition) is 3. The zero-order valence-electron chi connectivity index (χ0n) is 5.20. The van der Waals surface area contributed by atoms with Crippen molar-refractivity contribution in [2.45, 2.75) is 31.4 Å². The Morgan fingerprint density at radius 3 is 2.67 bits per heavy atom. The van der Waals surface area contributed by atoms with Crippen molar-refractivity contribution in [1.29, 1.82) is 0 Å². The summed E-state index contributed by atoms with van der Waals surface area (Å²) in [6, 6.07) is 0.171. The number of aliphatic hydroxyl groups excluding tert-OH is 1. The molecule has 1 rings (SSSR count). The van der Waals surface area contributed by atoms with Crippen LogP contribution in [0.4, 0.5) is 0 Å². The van der Waals surface area contributed by atoms with Crippen LogP contribution in [0.2, 0.25) is 0 Å². The lowest BCUT2D eigenvalue weighted by Gasteiger charge is -1.97. The molecule has 0 amide bonds. The Bertz CT molecular complexity index is 115. The molecule has 0 heterocycles. The van der Waals surface area contributed by atoms with E-state index in [0.717, 1.165) is 19.3 Å². The normalized spacial score (nSPS) is 36.1. The average molecular weight is 129 g/mol. The number of rotatable bonds is 1. The summed E-state index contributed by atoms with van der Waals surface area (Å²) in [4.78, 5) is 0. The third-order valence-electron chi connectivity index (χ3n) is 1.61. The SMILES string of the molecule is NN=N[C@H]1CC[C@@H](O)C1. The molecule has 1 aliphatic rings. The van der Waals surface area contributed by atoms with E-state index in [1.807, 2.05) is 0 Å². The van der Waals surface area contributed by atoms with Crippen LogP contribution in [0.5, 0.6) is 0 Å². The number of hydrogen-bond donors (Lipinski definition) is 2. The number of nitrogens with two attached hydrogens (primary N) is 1. The minimum Gasteiger partial charge on any atom is -0.393 e. The molecular formula is C5H11N3O. The fourth-order valence-electron chi connectivity index (χ4n) is 1.13. The molecule has 0 unspecified atom stereocenters. The first-order valence-electron chi connectivity index (χ1n) is 3.11. The molecule has 3 N–H and O–H groups in total. The molecule has 52 valence electrons. The van der Waals surface area contributed by atoms with Crippen molar-refractivity contribution in [3.63, 3.8) is 0 Å². The first-order valence-corrected chi connectivity index (χ1v) is 3.11. The Balaban J connectivity index is 2.30. The Labute approximate surface area is 53.7 Å². The predicted octanol–water partition coefficient (Wildman–Crippen LogP) is 0.226. The summed E-state index contributed by atoms with van der Waals surface area (Å²) >= 11 is 0. The van der Waals surface area contributed by atoms with Crippen molar-refractivity contribution < 1.29 is 5.11 Å². The van der Waals surface area contributed by atoms with Gasteiger partial charge in [0.25, 0.3) is 0 Å². The van der Waals surface area contributed by atoms with Gasteiger partial charge >= 0.3 is 0 Å². The molecule has 2 atom stereocenters. The van der Waals surface area contributed by atoms with Crippen LogP contribution in [0, 0.1) is 0 Å². The fourth-order valence-corrected chi connectivity index (χ4v) is 1.13. The molecule has 0 aromatic rings. The highest BCUT2D eigenvalue weighted by Gasteiger charge is 2.21. The first-order chi connectivity index (χ1) is 4.33. The molecular weight excluding hydrogens is 118 g/mol. The van der Waals surface area contributed by atoms with Crippen molar-refractivity contribution in [1.82, 2.24) is 0 Å². The summed E-state index contributed by atoms with van der Waals surface area (Å²) in [6.07, 6.45) is 2.30. The van der Waals surface area contributed by atoms with Crippen LogP contribution in [0.3, 0.4) is 0 Å². The Morgan fingerprint density at radius 1 is 1.44 bits per heavy atom. The molecule has 0 aromatic carbocycles. The smallest absolute Gasteiger partial charge is 0.0755 e. The summed E-state index contributed by atoms with van der Waals surface area (Å²) in [5, 5.41) is 15.9. The van der Waals surface area contributed by atoms with Gasteiger partial charge in [-0.15, -0.1) is 0 Å². The summed E-state index contributed by atoms with van der Waals surface area (Å²) in [7, 11) is 0. The van der Waals surface area contributed by atoms with Gasteiger partial charge in [0, 0.05) is 0 Å². The quantitative estimate of drug-likeness (QED) is 0.302. The molecule has 1 aliphatic carbocycles. The van der Waals surface area contributed by atoms with Crippen LogP contribution in [-0.2, 0) is 0 Å². The van der Waals surface area contributed by atoms with Crippen LogP contribution in [0.15, 0.2) is 10.3 Å². The van der Waals surface area contributed by atoms with Crippen LogP contribution in [0.25, 0.3) is 0 Å². The minimum absolute atomic E-state index is 0.171. The summed E-state index contributed by atoms with van der Waals surface area (Å²) in [5.41, 5.74) is 0. The van der Waals surface area contributed by atoms with Crippen molar-refractivity contribution in [3.05, 3.63) is 0 Å². The molecule has 0 bridgehead atoms. The van der Waals surface area contributed by atoms with Gasteiger partial charge in [-0.05, 0) is 19.3 Å². The van der Waals surface area contributed by atoms with E-state index < -0.39 is 0 Å². The van der Waals surface area contributed by atoms with Crippen molar-refractivity contribution >= 4 is 0 Å². The Morgan fingerprint density at radius 2 is 2.22 bits per heavy atom. The molecule has 4 heteroatoms. The van der Waals surface area contributed by atoms with Crippen molar-refractivity contribution in [2.24, 2.45) is 16.2 Å². The molecule has 4 nitrogen and oxygen atoms in total. The highest BCUT2D eigenvalue weighted by atomic mass is 16.3. The van der Waals surface area contributed by atoms with E-state index >= 15 is 0 Å². The van der Waals surface area contributed by atoms with Gasteiger partial charge < -0.3 is 10.9 Å². The van der Waals surface area contributed by atoms with Crippen LogP contribution < -0.4 is 5.84 Å². The molecule has 0 spiro atoms. The second-order valence-electron chi connectivity index (χ2n) is 2.35. The third-order valence-corrected chi connectivity index (χ3v) is 1.61. The Kier molecular flexibility index (Phi) is 2.00. The molecule has 0 radical (unpaired) electrons. The second kappa shape index (κ2) is 2.77. The van der Waals surface area contributed by atoms with Gasteiger partial charge in [0.1, 0.15) is 0 Å². The van der Waals surface area contributed by atoms with Crippen molar-refractivity contribution in [2.75, 3.05) is 0 Å². The first kappa shape index (κ1) is 6.48. The minimum atomic E-state index is -0.180. The zero-order chi connectivity index (χ0) is 6.69. The lowest BCUT2D eigenvalue weighted by atomic mass is 10.3. The molecule has 9 heavy (non-hydrogen) atoms. The van der Waals surface area contributed by atoms with Crippen LogP contribution in [0.1, 0.15) is 19.3 Å². The van der Waals surface area contributed by atoms with Gasteiger partial charge in [0.15, 0.2) is 0 Å². The van der Waals surface area contributed by atoms with Gasteiger partial charge in [0.05, 0.1) is 12.1 Å². The lowest BCUT2D eigenvalue weighted by Crippen LogP contribution is -2.02. The maximum Gasteiger partial charge on any atom is 0.0755 e. The lowest BCUT2D eigenvalue weighted by molar-refractivity contribution is 0.181. The Hall–Kier alpha value is -0.640. The van der Waals surface area contributed by atoms with Crippen LogP contribution >= 0.6 is 0 Å². The zero-order valence-corrected chi connectivity index (χ0v) is 5.20.